The van der Waals surface area contributed by atoms with Gasteiger partial charge in [0.05, 0.1) is 0 Å². The molecule has 0 aromatic carbocycles. The van der Waals surface area contributed by atoms with Crippen molar-refractivity contribution in [3.63, 3.8) is 0 Å². The maximum atomic E-state index is 11.9. The van der Waals surface area contributed by atoms with Crippen molar-refractivity contribution >= 4 is 41.3 Å². The van der Waals surface area contributed by atoms with E-state index in [4.69, 9.17) is 41.3 Å². The Hall–Kier alpha value is -2.89. The van der Waals surface area contributed by atoms with E-state index in [-0.39, 0.29) is 25.7 Å². The number of halogens is 6. The predicted octanol–water partition coefficient (Wildman–Crippen LogP) is -1.87. The third-order valence-corrected chi connectivity index (χ3v) is 5.48. The van der Waals surface area contributed by atoms with Gasteiger partial charge < -0.3 is 36.8 Å². The van der Waals surface area contributed by atoms with E-state index in [1.807, 2.05) is 0 Å². The summed E-state index contributed by atoms with van der Waals surface area (Å²) in [7, 11) is -5.80. The summed E-state index contributed by atoms with van der Waals surface area (Å²) in [5, 5.41) is 41.1. The van der Waals surface area contributed by atoms with E-state index in [1.54, 1.807) is 4.72 Å². The summed E-state index contributed by atoms with van der Waals surface area (Å²) in [5.41, 5.74) is 8.74. The lowest BCUT2D eigenvalue weighted by atomic mass is 9.78. The number of carboxylic acid groups (broad SMARTS) is 3. The van der Waals surface area contributed by atoms with E-state index in [9.17, 15) is 49.5 Å². The van der Waals surface area contributed by atoms with Crippen molar-refractivity contribution in [3.8, 4) is 0 Å². The van der Waals surface area contributed by atoms with Gasteiger partial charge in [-0.05, 0) is 12.7 Å². The molecule has 1 rings (SSSR count). The maximum absolute atomic E-state index is 11.9. The number of rotatable bonds is 7. The van der Waals surface area contributed by atoms with E-state index >= 15 is 0 Å². The zero-order valence-corrected chi connectivity index (χ0v) is 18.5. The fourth-order valence-corrected chi connectivity index (χ4v) is 3.55. The first-order chi connectivity index (χ1) is 15.9. The molecule has 0 aromatic rings. The van der Waals surface area contributed by atoms with E-state index in [0.717, 1.165) is 4.31 Å². The molecule has 1 saturated heterocycles. The highest BCUT2D eigenvalue weighted by molar-refractivity contribution is 7.87. The number of carboxylic acids is 3. The molecule has 0 aliphatic carbocycles. The number of carbonyl (C=O) groups is 4. The molecule has 36 heavy (non-hydrogen) atoms. The number of hydrogen-bond donors (Lipinski definition) is 8. The molecule has 210 valence electrons. The molecule has 0 unspecified atom stereocenters. The Morgan fingerprint density at radius 1 is 1.00 bits per heavy atom. The number of hydrogen-bond acceptors (Lipinski definition) is 9. The summed E-state index contributed by atoms with van der Waals surface area (Å²) >= 11 is 0. The third-order valence-electron chi connectivity index (χ3n) is 4.06. The smallest absolute Gasteiger partial charge is 0.480 e. The standard InChI is InChI=1S/C9H19BN4O7S.2C2HF3O2/c11-8(17)13-22(20,21)14-4-6(2-1-3-10(18)19)9(12,5-14)7(15)16;2*3-2(4,5)1(6)7/h6,18-19H,1-5,12H2,(H,15,16)(H3,11,13,17);2*(H,6,7)/t6-,9-;;/m0../s1. The molecular weight excluding hydrogens is 545 g/mol. The normalized spacial score (nSPS) is 20.2. The molecule has 1 aliphatic rings. The summed E-state index contributed by atoms with van der Waals surface area (Å²) < 4.78 is 89.5. The van der Waals surface area contributed by atoms with Crippen LogP contribution in [0.25, 0.3) is 0 Å². The SMILES string of the molecule is NC(=O)NS(=O)(=O)N1C[C@H](CCCB(O)O)[C@](N)(C(=O)O)C1.O=C(O)C(F)(F)F.O=C(O)C(F)(F)F. The van der Waals surface area contributed by atoms with Crippen molar-refractivity contribution in [2.24, 2.45) is 17.4 Å². The first-order valence-corrected chi connectivity index (χ1v) is 10.4. The van der Waals surface area contributed by atoms with Gasteiger partial charge in [-0.1, -0.05) is 6.42 Å². The molecule has 1 heterocycles. The molecule has 0 saturated carbocycles. The Balaban J connectivity index is 0. The first-order valence-electron chi connectivity index (χ1n) is 8.93. The molecule has 0 radical (unpaired) electrons. The van der Waals surface area contributed by atoms with Gasteiger partial charge in [-0.15, -0.1) is 0 Å². The number of nitrogens with two attached hydrogens (primary N) is 2. The number of nitrogens with one attached hydrogen (secondary N) is 1. The Morgan fingerprint density at radius 3 is 1.67 bits per heavy atom. The predicted molar refractivity (Wildman–Crippen MR) is 103 cm³/mol. The molecule has 15 nitrogen and oxygen atoms in total. The average molecular weight is 566 g/mol. The minimum atomic E-state index is -5.08. The van der Waals surface area contributed by atoms with Crippen LogP contribution in [-0.2, 0) is 24.6 Å². The van der Waals surface area contributed by atoms with Crippen molar-refractivity contribution in [2.45, 2.75) is 37.1 Å². The molecule has 23 heteroatoms. The summed E-state index contributed by atoms with van der Waals surface area (Å²) in [4.78, 5) is 39.9. The lowest BCUT2D eigenvalue weighted by molar-refractivity contribution is -0.193. The van der Waals surface area contributed by atoms with Gasteiger partial charge in [0.25, 0.3) is 0 Å². The minimum Gasteiger partial charge on any atom is -0.480 e. The number of urea groups is 1. The second kappa shape index (κ2) is 13.4. The molecule has 2 amide bonds. The van der Waals surface area contributed by atoms with Crippen LogP contribution in [0.4, 0.5) is 31.1 Å². The van der Waals surface area contributed by atoms with Crippen LogP contribution in [0.1, 0.15) is 12.8 Å². The molecule has 10 N–H and O–H groups in total. The molecule has 0 spiro atoms. The number of carbonyl (C=O) groups excluding carboxylic acids is 1. The van der Waals surface area contributed by atoms with Crippen molar-refractivity contribution in [1.29, 1.82) is 0 Å². The fourth-order valence-electron chi connectivity index (χ4n) is 2.41. The quantitative estimate of drug-likeness (QED) is 0.124. The number of amides is 2. The van der Waals surface area contributed by atoms with Gasteiger partial charge in [0.2, 0.25) is 0 Å². The van der Waals surface area contributed by atoms with Gasteiger partial charge in [-0.3, -0.25) is 4.79 Å². The molecule has 1 aliphatic heterocycles. The van der Waals surface area contributed by atoms with Gasteiger partial charge in [-0.2, -0.15) is 39.1 Å². The fraction of sp³-hybridized carbons (Fsp3) is 0.692. The summed E-state index contributed by atoms with van der Waals surface area (Å²) in [6.07, 6.45) is -9.72. The lowest BCUT2D eigenvalue weighted by Gasteiger charge is -2.25. The third kappa shape index (κ3) is 12.7. The van der Waals surface area contributed by atoms with Crippen molar-refractivity contribution in [1.82, 2.24) is 9.03 Å². The molecule has 1 fully saturated rings. The summed E-state index contributed by atoms with van der Waals surface area (Å²) in [6, 6.07) is -1.29. The molecular formula is C13H21BF6N4O11S. The lowest BCUT2D eigenvalue weighted by Crippen LogP contribution is -2.55. The van der Waals surface area contributed by atoms with E-state index < -0.39 is 71.6 Å². The number of aliphatic carboxylic acids is 3. The monoisotopic (exact) mass is 566 g/mol. The molecule has 0 bridgehead atoms. The number of alkyl halides is 6. The van der Waals surface area contributed by atoms with Crippen molar-refractivity contribution in [3.05, 3.63) is 0 Å². The Bertz CT molecular complexity index is 878. The largest absolute Gasteiger partial charge is 0.490 e. The van der Waals surface area contributed by atoms with Gasteiger partial charge in [0.15, 0.2) is 0 Å². The highest BCUT2D eigenvalue weighted by Gasteiger charge is 2.52. The summed E-state index contributed by atoms with van der Waals surface area (Å²) in [6.45, 7) is -0.732. The molecule has 2 atom stereocenters. The number of nitrogens with zero attached hydrogens (tertiary/aromatic N) is 1. The highest BCUT2D eigenvalue weighted by Crippen LogP contribution is 2.31. The van der Waals surface area contributed by atoms with Gasteiger partial charge in [0.1, 0.15) is 5.54 Å². The zero-order valence-electron chi connectivity index (χ0n) is 17.7. The second-order valence-electron chi connectivity index (χ2n) is 6.82. The highest BCUT2D eigenvalue weighted by atomic mass is 32.2. The van der Waals surface area contributed by atoms with Gasteiger partial charge in [-0.25, -0.2) is 19.1 Å². The Morgan fingerprint density at radius 2 is 1.39 bits per heavy atom. The Kier molecular flexibility index (Phi) is 13.2. The first kappa shape index (κ1) is 35.3. The van der Waals surface area contributed by atoms with Crippen LogP contribution < -0.4 is 16.2 Å². The van der Waals surface area contributed by atoms with Crippen LogP contribution in [0.5, 0.6) is 0 Å². The van der Waals surface area contributed by atoms with Crippen molar-refractivity contribution in [2.75, 3.05) is 13.1 Å². The summed E-state index contributed by atoms with van der Waals surface area (Å²) in [5.74, 6) is -7.63. The number of primary amides is 1. The molecule has 0 aromatic heterocycles. The van der Waals surface area contributed by atoms with Crippen LogP contribution in [0.2, 0.25) is 6.32 Å². The van der Waals surface area contributed by atoms with E-state index in [2.05, 4.69) is 0 Å². The second-order valence-corrected chi connectivity index (χ2v) is 8.49. The topological polar surface area (TPSA) is 271 Å². The van der Waals surface area contributed by atoms with Crippen LogP contribution in [0, 0.1) is 5.92 Å². The zero-order chi connectivity index (χ0) is 29.3. The van der Waals surface area contributed by atoms with Crippen LogP contribution in [0.3, 0.4) is 0 Å². The average Bonchev–Trinajstić information content (AvgIpc) is 2.99. The van der Waals surface area contributed by atoms with Crippen LogP contribution in [-0.4, -0.2) is 100 Å². The van der Waals surface area contributed by atoms with Crippen molar-refractivity contribution < 1.29 is 79.3 Å². The van der Waals surface area contributed by atoms with E-state index in [0.29, 0.717) is 0 Å². The van der Waals surface area contributed by atoms with Crippen LogP contribution in [0.15, 0.2) is 0 Å². The van der Waals surface area contributed by atoms with E-state index in [1.165, 1.54) is 0 Å². The van der Waals surface area contributed by atoms with Gasteiger partial charge in [0, 0.05) is 19.0 Å². The maximum Gasteiger partial charge on any atom is 0.490 e. The Labute approximate surface area is 198 Å². The van der Waals surface area contributed by atoms with Gasteiger partial charge >= 0.3 is 53.6 Å². The minimum absolute atomic E-state index is 0.0124. The van der Waals surface area contributed by atoms with Crippen LogP contribution >= 0.6 is 0 Å².